The molecule has 3 aromatic rings. The molecule has 1 heterocycles. The zero-order valence-electron chi connectivity index (χ0n) is 14.2. The molecule has 1 atom stereocenters. The van der Waals surface area contributed by atoms with E-state index < -0.39 is 46.7 Å². The summed E-state index contributed by atoms with van der Waals surface area (Å²) in [5.74, 6) is -11.2. The fraction of sp³-hybridized carbons (Fsp3) is 0.105. The van der Waals surface area contributed by atoms with Crippen molar-refractivity contribution in [2.75, 3.05) is 11.9 Å². The molecule has 0 radical (unpaired) electrons. The van der Waals surface area contributed by atoms with E-state index in [2.05, 4.69) is 0 Å². The van der Waals surface area contributed by atoms with Gasteiger partial charge >= 0.3 is 0 Å². The number of halogens is 5. The summed E-state index contributed by atoms with van der Waals surface area (Å²) in [6.07, 6.45) is 1.45. The Bertz CT molecular complexity index is 949. The Morgan fingerprint density at radius 1 is 0.893 bits per heavy atom. The van der Waals surface area contributed by atoms with E-state index in [0.717, 1.165) is 5.56 Å². The van der Waals surface area contributed by atoms with Crippen molar-refractivity contribution < 1.29 is 36.5 Å². The number of hydrogen-bond acceptors (Lipinski definition) is 2. The van der Waals surface area contributed by atoms with Gasteiger partial charge in [-0.1, -0.05) is 30.3 Å². The first-order valence-corrected chi connectivity index (χ1v) is 8.13. The summed E-state index contributed by atoms with van der Waals surface area (Å²) in [5.41, 5.74) is -0.592. The summed E-state index contributed by atoms with van der Waals surface area (Å²) in [4.78, 5) is 12.1. The summed E-state index contributed by atoms with van der Waals surface area (Å²) in [6.45, 7) is -0.361. The molecule has 1 aromatic heterocycles. The molecular weight excluding hydrogens is 383 g/mol. The van der Waals surface area contributed by atoms with Crippen molar-refractivity contribution in [1.29, 1.82) is 0 Å². The van der Waals surface area contributed by atoms with Gasteiger partial charge in [0, 0.05) is 5.56 Å². The molecule has 28 heavy (non-hydrogen) atoms. The Labute approximate surface area is 156 Å². The van der Waals surface area contributed by atoms with Crippen LogP contribution in [0.2, 0.25) is 0 Å². The van der Waals surface area contributed by atoms with Crippen LogP contribution in [0.3, 0.4) is 0 Å². The first-order chi connectivity index (χ1) is 13.4. The largest absolute Gasteiger partial charge is 0.463 e. The highest BCUT2D eigenvalue weighted by atomic mass is 19.2. The number of hydrogen-bond donors (Lipinski definition) is 2. The highest BCUT2D eigenvalue weighted by Crippen LogP contribution is 2.27. The van der Waals surface area contributed by atoms with Crippen LogP contribution in [0.5, 0.6) is 0 Å². The van der Waals surface area contributed by atoms with Crippen LogP contribution in [-0.2, 0) is 4.79 Å². The minimum absolute atomic E-state index is 0.361. The van der Waals surface area contributed by atoms with Gasteiger partial charge in [-0.05, 0) is 12.1 Å². The predicted molar refractivity (Wildman–Crippen MR) is 88.6 cm³/mol. The number of anilines is 1. The van der Waals surface area contributed by atoms with Crippen molar-refractivity contribution >= 4 is 11.6 Å². The number of nitrogens with two attached hydrogens (primary N) is 1. The second kappa shape index (κ2) is 8.22. The lowest BCUT2D eigenvalue weighted by atomic mass is 10.0. The third kappa shape index (κ3) is 3.89. The molecule has 9 heteroatoms. The second-order valence-electron chi connectivity index (χ2n) is 5.84. The fourth-order valence-electron chi connectivity index (χ4n) is 2.68. The van der Waals surface area contributed by atoms with E-state index >= 15 is 0 Å². The van der Waals surface area contributed by atoms with Gasteiger partial charge in [-0.15, -0.1) is 0 Å². The quantitative estimate of drug-likeness (QED) is 0.381. The highest BCUT2D eigenvalue weighted by Gasteiger charge is 2.28. The van der Waals surface area contributed by atoms with Gasteiger partial charge in [0.2, 0.25) is 5.82 Å². The normalized spacial score (nSPS) is 12.0. The van der Waals surface area contributed by atoms with Crippen molar-refractivity contribution in [3.05, 3.63) is 89.1 Å². The van der Waals surface area contributed by atoms with Crippen LogP contribution < -0.4 is 10.6 Å². The molecular formula is C19H14F5N2O2+. The molecule has 2 aromatic carbocycles. The van der Waals surface area contributed by atoms with Crippen molar-refractivity contribution in [3.8, 4) is 0 Å². The van der Waals surface area contributed by atoms with Gasteiger partial charge in [-0.3, -0.25) is 4.79 Å². The molecule has 0 fully saturated rings. The molecule has 0 aliphatic carbocycles. The number of nitrogens with one attached hydrogen (secondary N) is 1. The van der Waals surface area contributed by atoms with E-state index in [4.69, 9.17) is 4.42 Å². The Hall–Kier alpha value is -3.20. The van der Waals surface area contributed by atoms with E-state index in [9.17, 15) is 26.7 Å². The number of rotatable bonds is 6. The van der Waals surface area contributed by atoms with E-state index in [1.807, 2.05) is 0 Å². The van der Waals surface area contributed by atoms with Crippen LogP contribution in [-0.4, -0.2) is 12.5 Å². The summed E-state index contributed by atoms with van der Waals surface area (Å²) < 4.78 is 72.3. The maximum atomic E-state index is 13.7. The standard InChI is InChI=1S/C19H13F5N2O2/c20-13-14(21)16(23)19(17(24)15(13)22)26-12(27)9-25-18(11-7-4-8-28-11)10-5-2-1-3-6-10/h1-8,18,25H,9H2,(H,26,27)/p+1/t18-/m0/s1. The average molecular weight is 397 g/mol. The molecule has 0 spiro atoms. The Morgan fingerprint density at radius 3 is 2.07 bits per heavy atom. The molecule has 3 N–H and O–H groups in total. The van der Waals surface area contributed by atoms with E-state index in [-0.39, 0.29) is 6.54 Å². The molecule has 0 aliphatic heterocycles. The number of quaternary nitrogens is 1. The third-order valence-corrected chi connectivity index (χ3v) is 4.02. The zero-order valence-corrected chi connectivity index (χ0v) is 14.2. The zero-order chi connectivity index (χ0) is 20.3. The lowest BCUT2D eigenvalue weighted by Gasteiger charge is -2.14. The van der Waals surface area contributed by atoms with Gasteiger partial charge in [0.05, 0.1) is 6.26 Å². The Morgan fingerprint density at radius 2 is 1.50 bits per heavy atom. The monoisotopic (exact) mass is 397 g/mol. The number of carbonyl (C=O) groups excluding carboxylic acids is 1. The fourth-order valence-corrected chi connectivity index (χ4v) is 2.68. The average Bonchev–Trinajstić information content (AvgIpc) is 3.24. The van der Waals surface area contributed by atoms with Crippen molar-refractivity contribution in [1.82, 2.24) is 0 Å². The number of carbonyl (C=O) groups is 1. The van der Waals surface area contributed by atoms with Crippen LogP contribution in [0.25, 0.3) is 0 Å². The number of furan rings is 1. The number of amides is 1. The first kappa shape index (κ1) is 19.6. The third-order valence-electron chi connectivity index (χ3n) is 4.02. The molecule has 3 rings (SSSR count). The minimum Gasteiger partial charge on any atom is -0.463 e. The highest BCUT2D eigenvalue weighted by molar-refractivity contribution is 5.91. The summed E-state index contributed by atoms with van der Waals surface area (Å²) in [7, 11) is 0. The molecule has 0 unspecified atom stereocenters. The maximum Gasteiger partial charge on any atom is 0.279 e. The Kier molecular flexibility index (Phi) is 5.74. The summed E-state index contributed by atoms with van der Waals surface area (Å²) >= 11 is 0. The van der Waals surface area contributed by atoms with E-state index in [1.54, 1.807) is 47.8 Å². The van der Waals surface area contributed by atoms with Gasteiger partial charge in [0.1, 0.15) is 5.69 Å². The summed E-state index contributed by atoms with van der Waals surface area (Å²) in [6, 6.07) is 11.9. The molecule has 4 nitrogen and oxygen atoms in total. The van der Waals surface area contributed by atoms with Crippen molar-refractivity contribution in [2.24, 2.45) is 0 Å². The van der Waals surface area contributed by atoms with Gasteiger partial charge in [-0.2, -0.15) is 0 Å². The van der Waals surface area contributed by atoms with Gasteiger partial charge in [0.25, 0.3) is 5.91 Å². The predicted octanol–water partition coefficient (Wildman–Crippen LogP) is 3.27. The smallest absolute Gasteiger partial charge is 0.279 e. The summed E-state index contributed by atoms with van der Waals surface area (Å²) in [5, 5.41) is 3.25. The maximum absolute atomic E-state index is 13.7. The molecule has 0 saturated carbocycles. The van der Waals surface area contributed by atoms with Crippen LogP contribution in [0.4, 0.5) is 27.6 Å². The van der Waals surface area contributed by atoms with Crippen LogP contribution in [0, 0.1) is 29.1 Å². The van der Waals surface area contributed by atoms with Gasteiger partial charge < -0.3 is 15.1 Å². The molecule has 146 valence electrons. The van der Waals surface area contributed by atoms with Crippen LogP contribution in [0.15, 0.2) is 53.1 Å². The van der Waals surface area contributed by atoms with Crippen LogP contribution >= 0.6 is 0 Å². The lowest BCUT2D eigenvalue weighted by molar-refractivity contribution is -0.678. The first-order valence-electron chi connectivity index (χ1n) is 8.13. The van der Waals surface area contributed by atoms with Crippen LogP contribution in [0.1, 0.15) is 17.4 Å². The molecule has 0 aliphatic rings. The van der Waals surface area contributed by atoms with Gasteiger partial charge in [0.15, 0.2) is 41.6 Å². The Balaban J connectivity index is 1.76. The topological polar surface area (TPSA) is 58.9 Å². The SMILES string of the molecule is O=C(C[NH2+][C@@H](c1ccccc1)c1ccco1)Nc1c(F)c(F)c(F)c(F)c1F. The molecule has 0 bridgehead atoms. The van der Waals surface area contributed by atoms with Crippen molar-refractivity contribution in [2.45, 2.75) is 6.04 Å². The number of benzene rings is 2. The van der Waals surface area contributed by atoms with Crippen molar-refractivity contribution in [3.63, 3.8) is 0 Å². The van der Waals surface area contributed by atoms with E-state index in [0.29, 0.717) is 5.76 Å². The molecule has 1 amide bonds. The van der Waals surface area contributed by atoms with Gasteiger partial charge in [-0.25, -0.2) is 22.0 Å². The second-order valence-corrected chi connectivity index (χ2v) is 5.84. The van der Waals surface area contributed by atoms with E-state index in [1.165, 1.54) is 11.6 Å². The lowest BCUT2D eigenvalue weighted by Crippen LogP contribution is -2.87. The minimum atomic E-state index is -2.29. The molecule has 0 saturated heterocycles.